The lowest BCUT2D eigenvalue weighted by Crippen LogP contribution is -1.95. The second kappa shape index (κ2) is 14.4. The van der Waals surface area contributed by atoms with Gasteiger partial charge < -0.3 is 0 Å². The lowest BCUT2D eigenvalue weighted by atomic mass is 9.86. The molecule has 0 saturated heterocycles. The number of benzene rings is 8. The van der Waals surface area contributed by atoms with Crippen molar-refractivity contribution in [3.63, 3.8) is 0 Å². The van der Waals surface area contributed by atoms with E-state index in [1.54, 1.807) is 0 Å². The molecule has 2 aromatic heterocycles. The predicted molar refractivity (Wildman–Crippen MR) is 235 cm³/mol. The maximum absolute atomic E-state index is 5.26. The van der Waals surface area contributed by atoms with Crippen LogP contribution in [0, 0.1) is 0 Å². The van der Waals surface area contributed by atoms with Gasteiger partial charge in [-0.05, 0) is 91.3 Å². The largest absolute Gasteiger partial charge is 0.248 e. The van der Waals surface area contributed by atoms with Crippen LogP contribution < -0.4 is 0 Å². The van der Waals surface area contributed by atoms with E-state index in [0.29, 0.717) is 0 Å². The Morgan fingerprint density at radius 2 is 0.625 bits per heavy atom. The van der Waals surface area contributed by atoms with Gasteiger partial charge in [0.05, 0.1) is 22.8 Å². The van der Waals surface area contributed by atoms with Gasteiger partial charge in [-0.3, -0.25) is 0 Å². The third kappa shape index (κ3) is 6.34. The third-order valence-electron chi connectivity index (χ3n) is 10.7. The molecule has 0 spiro atoms. The first-order valence-corrected chi connectivity index (χ1v) is 19.1. The van der Waals surface area contributed by atoms with Crippen LogP contribution in [-0.4, -0.2) is 9.97 Å². The Labute approximate surface area is 327 Å². The minimum atomic E-state index is 0.934. The van der Waals surface area contributed by atoms with Crippen LogP contribution in [0.5, 0.6) is 0 Å². The highest BCUT2D eigenvalue weighted by Gasteiger charge is 2.18. The summed E-state index contributed by atoms with van der Waals surface area (Å²) in [7, 11) is 0. The lowest BCUT2D eigenvalue weighted by Gasteiger charge is -2.18. The molecule has 262 valence electrons. The first-order valence-electron chi connectivity index (χ1n) is 19.1. The quantitative estimate of drug-likeness (QED) is 0.154. The fourth-order valence-electron chi connectivity index (χ4n) is 7.89. The number of aromatic nitrogens is 2. The van der Waals surface area contributed by atoms with Crippen molar-refractivity contribution >= 4 is 21.5 Å². The van der Waals surface area contributed by atoms with Gasteiger partial charge in [0.15, 0.2) is 0 Å². The number of rotatable bonds is 7. The number of hydrogen-bond donors (Lipinski definition) is 0. The number of fused-ring (bicyclic) bond motifs is 3. The maximum Gasteiger partial charge on any atom is 0.0715 e. The normalized spacial score (nSPS) is 11.2. The molecule has 0 N–H and O–H groups in total. The van der Waals surface area contributed by atoms with Crippen LogP contribution in [0.1, 0.15) is 0 Å². The second-order valence-electron chi connectivity index (χ2n) is 14.2. The van der Waals surface area contributed by atoms with Crippen molar-refractivity contribution in [3.05, 3.63) is 218 Å². The molecule has 10 rings (SSSR count). The van der Waals surface area contributed by atoms with E-state index in [1.165, 1.54) is 32.7 Å². The molecule has 2 nitrogen and oxygen atoms in total. The summed E-state index contributed by atoms with van der Waals surface area (Å²) >= 11 is 0. The van der Waals surface area contributed by atoms with Gasteiger partial charge in [-0.2, -0.15) is 0 Å². The molecular weight excluding hydrogens is 677 g/mol. The molecule has 0 aliphatic carbocycles. The van der Waals surface area contributed by atoms with Gasteiger partial charge in [0, 0.05) is 22.3 Å². The molecule has 0 bridgehead atoms. The molecule has 2 heteroatoms. The number of hydrogen-bond acceptors (Lipinski definition) is 2. The number of nitrogens with zero attached hydrogens (tertiary/aromatic N) is 2. The molecule has 0 aliphatic heterocycles. The Balaban J connectivity index is 1.26. The molecule has 0 atom stereocenters. The summed E-state index contributed by atoms with van der Waals surface area (Å²) in [6, 6.07) is 77.7. The average molecular weight is 713 g/mol. The molecular formula is C54H36N2. The minimum absolute atomic E-state index is 0.934. The van der Waals surface area contributed by atoms with Crippen LogP contribution >= 0.6 is 0 Å². The van der Waals surface area contributed by atoms with E-state index in [-0.39, 0.29) is 0 Å². The molecule has 8 aromatic carbocycles. The van der Waals surface area contributed by atoms with Gasteiger partial charge in [-0.25, -0.2) is 9.97 Å². The molecule has 0 amide bonds. The topological polar surface area (TPSA) is 25.8 Å². The van der Waals surface area contributed by atoms with Crippen LogP contribution in [0.2, 0.25) is 0 Å². The monoisotopic (exact) mass is 712 g/mol. The van der Waals surface area contributed by atoms with Crippen molar-refractivity contribution in [1.29, 1.82) is 0 Å². The van der Waals surface area contributed by atoms with Crippen LogP contribution in [0.4, 0.5) is 0 Å². The average Bonchev–Trinajstić information content (AvgIpc) is 3.29. The summed E-state index contributed by atoms with van der Waals surface area (Å²) in [5, 5.41) is 4.94. The van der Waals surface area contributed by atoms with E-state index in [2.05, 4.69) is 218 Å². The Hall–Kier alpha value is -7.42. The van der Waals surface area contributed by atoms with Crippen molar-refractivity contribution in [2.24, 2.45) is 0 Å². The standard InChI is InChI=1S/C54H36N2/c1-5-17-37(18-6-1)51-33-43(34-52(55-51)38-19-7-2-8-20-38)41-29-30-48(50-32-42-25-13-14-26-45(42)46-27-15-16-28-47(46)50)49(31-41)44-35-53(39-21-9-3-10-22-39)56-54(36-44)40-23-11-4-12-24-40/h1-36H. The molecule has 10 aromatic rings. The SMILES string of the molecule is c1ccc(-c2cc(-c3ccc(-c4cc5ccccc5c5ccccc45)c(-c4cc(-c5ccccc5)nc(-c5ccccc5)c4)c3)cc(-c3ccccc3)n2)cc1. The Kier molecular flexibility index (Phi) is 8.55. The molecule has 0 aliphatic rings. The molecule has 2 heterocycles. The summed E-state index contributed by atoms with van der Waals surface area (Å²) in [6.07, 6.45) is 0. The van der Waals surface area contributed by atoms with E-state index in [1.807, 2.05) is 0 Å². The van der Waals surface area contributed by atoms with Crippen LogP contribution in [0.25, 0.3) is 100.0 Å². The maximum atomic E-state index is 5.26. The van der Waals surface area contributed by atoms with Crippen molar-refractivity contribution in [2.75, 3.05) is 0 Å². The van der Waals surface area contributed by atoms with E-state index in [4.69, 9.17) is 9.97 Å². The summed E-state index contributed by atoms with van der Waals surface area (Å²) in [5.74, 6) is 0. The highest BCUT2D eigenvalue weighted by Crippen LogP contribution is 2.43. The van der Waals surface area contributed by atoms with Gasteiger partial charge in [0.2, 0.25) is 0 Å². The van der Waals surface area contributed by atoms with Crippen LogP contribution in [0.15, 0.2) is 218 Å². The molecule has 0 radical (unpaired) electrons. The van der Waals surface area contributed by atoms with Gasteiger partial charge in [-0.15, -0.1) is 0 Å². The van der Waals surface area contributed by atoms with Crippen molar-refractivity contribution < 1.29 is 0 Å². The zero-order chi connectivity index (χ0) is 37.3. The third-order valence-corrected chi connectivity index (χ3v) is 10.7. The smallest absolute Gasteiger partial charge is 0.0715 e. The highest BCUT2D eigenvalue weighted by atomic mass is 14.7. The summed E-state index contributed by atoms with van der Waals surface area (Å²) < 4.78 is 0. The van der Waals surface area contributed by atoms with Crippen molar-refractivity contribution in [1.82, 2.24) is 9.97 Å². The molecule has 0 unspecified atom stereocenters. The molecule has 56 heavy (non-hydrogen) atoms. The van der Waals surface area contributed by atoms with Gasteiger partial charge in [0.25, 0.3) is 0 Å². The van der Waals surface area contributed by atoms with E-state index < -0.39 is 0 Å². The van der Waals surface area contributed by atoms with E-state index >= 15 is 0 Å². The van der Waals surface area contributed by atoms with Gasteiger partial charge in [0.1, 0.15) is 0 Å². The Morgan fingerprint density at radius 1 is 0.214 bits per heavy atom. The second-order valence-corrected chi connectivity index (χ2v) is 14.2. The van der Waals surface area contributed by atoms with Crippen LogP contribution in [-0.2, 0) is 0 Å². The highest BCUT2D eigenvalue weighted by molar-refractivity contribution is 6.15. The first-order chi connectivity index (χ1) is 27.7. The van der Waals surface area contributed by atoms with E-state index in [9.17, 15) is 0 Å². The Bertz CT molecular complexity index is 2880. The summed E-state index contributed by atoms with van der Waals surface area (Å²) in [4.78, 5) is 10.4. The van der Waals surface area contributed by atoms with Crippen LogP contribution in [0.3, 0.4) is 0 Å². The number of pyridine rings is 2. The Morgan fingerprint density at radius 3 is 1.12 bits per heavy atom. The van der Waals surface area contributed by atoms with Crippen molar-refractivity contribution in [3.8, 4) is 78.4 Å². The van der Waals surface area contributed by atoms with Crippen molar-refractivity contribution in [2.45, 2.75) is 0 Å². The minimum Gasteiger partial charge on any atom is -0.248 e. The fourth-order valence-corrected chi connectivity index (χ4v) is 7.89. The predicted octanol–water partition coefficient (Wildman–Crippen LogP) is 14.5. The lowest BCUT2D eigenvalue weighted by molar-refractivity contribution is 1.32. The molecule has 0 fully saturated rings. The van der Waals surface area contributed by atoms with Gasteiger partial charge in [-0.1, -0.05) is 182 Å². The first kappa shape index (κ1) is 33.2. The summed E-state index contributed by atoms with van der Waals surface area (Å²) in [5.41, 5.74) is 14.9. The van der Waals surface area contributed by atoms with Gasteiger partial charge >= 0.3 is 0 Å². The molecule has 0 saturated carbocycles. The zero-order valence-electron chi connectivity index (χ0n) is 30.7. The van der Waals surface area contributed by atoms with E-state index in [0.717, 1.165) is 67.3 Å². The zero-order valence-corrected chi connectivity index (χ0v) is 30.7. The summed E-state index contributed by atoms with van der Waals surface area (Å²) in [6.45, 7) is 0. The fraction of sp³-hybridized carbons (Fsp3) is 0.